The van der Waals surface area contributed by atoms with Crippen molar-refractivity contribution < 1.29 is 0 Å². The molecule has 0 unspecified atom stereocenters. The maximum absolute atomic E-state index is 3.99. The number of rotatable bonds is 7. The van der Waals surface area contributed by atoms with E-state index in [1.165, 1.54) is 28.7 Å². The van der Waals surface area contributed by atoms with Crippen LogP contribution in [0.3, 0.4) is 0 Å². The molecule has 0 aliphatic heterocycles. The van der Waals surface area contributed by atoms with Crippen molar-refractivity contribution in [3.63, 3.8) is 0 Å². The van der Waals surface area contributed by atoms with Gasteiger partial charge in [0, 0.05) is 0 Å². The molecule has 0 nitrogen and oxygen atoms in total. The Balaban J connectivity index is 4.93. The lowest BCUT2D eigenvalue weighted by molar-refractivity contribution is 0.920. The van der Waals surface area contributed by atoms with Gasteiger partial charge in [0.15, 0.2) is 0 Å². The summed E-state index contributed by atoms with van der Waals surface area (Å²) in [4.78, 5) is 0. The summed E-state index contributed by atoms with van der Waals surface area (Å²) in [5.74, 6) is 0. The summed E-state index contributed by atoms with van der Waals surface area (Å²) in [5, 5.41) is 0. The van der Waals surface area contributed by atoms with Crippen LogP contribution in [0.15, 0.2) is 47.6 Å². The molecule has 0 spiro atoms. The summed E-state index contributed by atoms with van der Waals surface area (Å²) in [7, 11) is 0. The minimum Gasteiger partial charge on any atom is -0.0998 e. The molecule has 0 heteroatoms. The zero-order chi connectivity index (χ0) is 12.6. The van der Waals surface area contributed by atoms with Crippen molar-refractivity contribution in [2.75, 3.05) is 0 Å². The first-order valence-electron chi connectivity index (χ1n) is 6.21. The molecule has 0 N–H and O–H groups in total. The van der Waals surface area contributed by atoms with E-state index >= 15 is 0 Å². The van der Waals surface area contributed by atoms with E-state index in [1.54, 1.807) is 0 Å². The van der Waals surface area contributed by atoms with Gasteiger partial charge in [-0.25, -0.2) is 0 Å². The van der Waals surface area contributed by atoms with Crippen LogP contribution in [-0.4, -0.2) is 0 Å². The average molecular weight is 218 g/mol. The van der Waals surface area contributed by atoms with Crippen LogP contribution in [-0.2, 0) is 0 Å². The summed E-state index contributed by atoms with van der Waals surface area (Å²) in [6.45, 7) is 16.6. The molecule has 0 aliphatic carbocycles. The van der Waals surface area contributed by atoms with E-state index in [1.807, 2.05) is 6.08 Å². The van der Waals surface area contributed by atoms with E-state index in [0.717, 1.165) is 19.3 Å². The maximum atomic E-state index is 3.99. The summed E-state index contributed by atoms with van der Waals surface area (Å²) in [5.41, 5.74) is 5.45. The van der Waals surface area contributed by atoms with Crippen molar-refractivity contribution in [2.45, 2.75) is 53.4 Å². The Labute approximate surface area is 101 Å². The van der Waals surface area contributed by atoms with Gasteiger partial charge in [0.1, 0.15) is 0 Å². The van der Waals surface area contributed by atoms with Crippen LogP contribution in [0, 0.1) is 0 Å². The van der Waals surface area contributed by atoms with Crippen molar-refractivity contribution in [1.82, 2.24) is 0 Å². The highest BCUT2D eigenvalue weighted by molar-refractivity contribution is 5.33. The molecule has 0 bridgehead atoms. The summed E-state index contributed by atoms with van der Waals surface area (Å²) in [6, 6.07) is 0. The van der Waals surface area contributed by atoms with Crippen molar-refractivity contribution in [3.8, 4) is 0 Å². The molecular formula is C16H26. The standard InChI is InChI=1S/C16H26/c1-7-10-15(8-2)12-14(6)16(9-3)11-13(4)5/h8,12H,2,4,7,9-11H2,1,3,5-6H3/b15-12+,16-14+. The highest BCUT2D eigenvalue weighted by Gasteiger charge is 2.00. The molecule has 0 radical (unpaired) electrons. The molecule has 0 aromatic heterocycles. The Bertz CT molecular complexity index is 300. The first-order chi connectivity index (χ1) is 7.54. The Morgan fingerprint density at radius 2 is 1.81 bits per heavy atom. The highest BCUT2D eigenvalue weighted by Crippen LogP contribution is 2.20. The van der Waals surface area contributed by atoms with E-state index in [9.17, 15) is 0 Å². The van der Waals surface area contributed by atoms with Crippen LogP contribution in [0.1, 0.15) is 53.4 Å². The molecular weight excluding hydrogens is 192 g/mol. The van der Waals surface area contributed by atoms with E-state index in [2.05, 4.69) is 46.9 Å². The Hall–Kier alpha value is -1.04. The predicted molar refractivity (Wildman–Crippen MR) is 75.6 cm³/mol. The van der Waals surface area contributed by atoms with E-state index in [-0.39, 0.29) is 0 Å². The third kappa shape index (κ3) is 5.75. The third-order valence-electron chi connectivity index (χ3n) is 2.70. The second-order valence-electron chi connectivity index (χ2n) is 4.45. The zero-order valence-electron chi connectivity index (χ0n) is 11.4. The normalized spacial score (nSPS) is 13.4. The molecule has 0 atom stereocenters. The van der Waals surface area contributed by atoms with E-state index in [4.69, 9.17) is 0 Å². The monoisotopic (exact) mass is 218 g/mol. The first kappa shape index (κ1) is 15.0. The molecule has 0 rings (SSSR count). The van der Waals surface area contributed by atoms with Crippen LogP contribution >= 0.6 is 0 Å². The predicted octanol–water partition coefficient (Wildman–Crippen LogP) is 5.59. The fraction of sp³-hybridized carbons (Fsp3) is 0.500. The van der Waals surface area contributed by atoms with Crippen LogP contribution in [0.25, 0.3) is 0 Å². The van der Waals surface area contributed by atoms with Crippen molar-refractivity contribution >= 4 is 0 Å². The van der Waals surface area contributed by atoms with Gasteiger partial charge in [-0.3, -0.25) is 0 Å². The molecule has 16 heavy (non-hydrogen) atoms. The van der Waals surface area contributed by atoms with E-state index < -0.39 is 0 Å². The number of allylic oxidation sites excluding steroid dienone is 6. The molecule has 90 valence electrons. The average Bonchev–Trinajstić information content (AvgIpc) is 2.24. The Morgan fingerprint density at radius 3 is 2.19 bits per heavy atom. The fourth-order valence-electron chi connectivity index (χ4n) is 1.81. The molecule has 0 fully saturated rings. The van der Waals surface area contributed by atoms with Crippen LogP contribution in [0.4, 0.5) is 0 Å². The van der Waals surface area contributed by atoms with Gasteiger partial charge in [-0.05, 0) is 38.7 Å². The summed E-state index contributed by atoms with van der Waals surface area (Å²) in [6.07, 6.45) is 8.67. The second-order valence-corrected chi connectivity index (χ2v) is 4.45. The quantitative estimate of drug-likeness (QED) is 0.386. The van der Waals surface area contributed by atoms with Crippen molar-refractivity contribution in [2.24, 2.45) is 0 Å². The van der Waals surface area contributed by atoms with Gasteiger partial charge in [0.2, 0.25) is 0 Å². The molecule has 0 aliphatic rings. The highest BCUT2D eigenvalue weighted by atomic mass is 14.1. The van der Waals surface area contributed by atoms with E-state index in [0.29, 0.717) is 0 Å². The topological polar surface area (TPSA) is 0 Å². The molecule has 0 saturated carbocycles. The maximum Gasteiger partial charge on any atom is -0.0108 e. The van der Waals surface area contributed by atoms with Gasteiger partial charge in [-0.1, -0.05) is 62.3 Å². The fourth-order valence-corrected chi connectivity index (χ4v) is 1.81. The van der Waals surface area contributed by atoms with Crippen molar-refractivity contribution in [1.29, 1.82) is 0 Å². The SMILES string of the molecule is C=C/C(=C\C(C)=C(/CC)CC(=C)C)CCC. The Morgan fingerprint density at radius 1 is 1.19 bits per heavy atom. The number of hydrogen-bond donors (Lipinski definition) is 0. The Kier molecular flexibility index (Phi) is 7.62. The number of hydrogen-bond acceptors (Lipinski definition) is 0. The lowest BCUT2D eigenvalue weighted by Crippen LogP contribution is -1.89. The van der Waals surface area contributed by atoms with Gasteiger partial charge in [0.05, 0.1) is 0 Å². The van der Waals surface area contributed by atoms with Crippen LogP contribution in [0.2, 0.25) is 0 Å². The van der Waals surface area contributed by atoms with Gasteiger partial charge in [-0.15, -0.1) is 0 Å². The molecule has 0 saturated heterocycles. The first-order valence-corrected chi connectivity index (χ1v) is 6.21. The summed E-state index contributed by atoms with van der Waals surface area (Å²) >= 11 is 0. The molecule has 0 amide bonds. The van der Waals surface area contributed by atoms with Gasteiger partial charge in [-0.2, -0.15) is 0 Å². The minimum absolute atomic E-state index is 1.02. The molecule has 0 aromatic rings. The molecule has 0 aromatic carbocycles. The largest absolute Gasteiger partial charge is 0.0998 e. The van der Waals surface area contributed by atoms with Gasteiger partial charge in [0.25, 0.3) is 0 Å². The van der Waals surface area contributed by atoms with Crippen LogP contribution in [0.5, 0.6) is 0 Å². The zero-order valence-corrected chi connectivity index (χ0v) is 11.4. The molecule has 0 heterocycles. The smallest absolute Gasteiger partial charge is 0.0108 e. The van der Waals surface area contributed by atoms with Crippen LogP contribution < -0.4 is 0 Å². The van der Waals surface area contributed by atoms with Gasteiger partial charge >= 0.3 is 0 Å². The van der Waals surface area contributed by atoms with Crippen molar-refractivity contribution in [3.05, 3.63) is 47.6 Å². The second kappa shape index (κ2) is 8.15. The lowest BCUT2D eigenvalue weighted by atomic mass is 9.97. The summed E-state index contributed by atoms with van der Waals surface area (Å²) < 4.78 is 0. The van der Waals surface area contributed by atoms with Gasteiger partial charge < -0.3 is 0 Å². The minimum atomic E-state index is 1.02. The third-order valence-corrected chi connectivity index (χ3v) is 2.70. The lowest BCUT2D eigenvalue weighted by Gasteiger charge is -2.09.